The number of aromatic carboxylic acids is 1. The molecule has 1 aliphatic heterocycles. The van der Waals surface area contributed by atoms with Crippen molar-refractivity contribution in [3.05, 3.63) is 59.2 Å². The van der Waals surface area contributed by atoms with Crippen LogP contribution in [0, 0.1) is 0 Å². The topological polar surface area (TPSA) is 113 Å². The number of rotatable bonds is 4. The van der Waals surface area contributed by atoms with Crippen LogP contribution in [-0.2, 0) is 4.74 Å². The molecule has 0 radical (unpaired) electrons. The molecule has 2 aromatic carbocycles. The monoisotopic (exact) mass is 342 g/mol. The van der Waals surface area contributed by atoms with E-state index in [2.05, 4.69) is 0 Å². The van der Waals surface area contributed by atoms with Gasteiger partial charge >= 0.3 is 5.97 Å². The number of hydrogen-bond acceptors (Lipinski definition) is 6. The summed E-state index contributed by atoms with van der Waals surface area (Å²) in [6.07, 6.45) is -0.916. The van der Waals surface area contributed by atoms with E-state index in [4.69, 9.17) is 10.5 Å². The Morgan fingerprint density at radius 2 is 1.76 bits per heavy atom. The molecular weight excluding hydrogens is 324 g/mol. The third-order valence-corrected chi connectivity index (χ3v) is 4.12. The number of carbonyl (C=O) groups excluding carboxylic acids is 1. The van der Waals surface area contributed by atoms with Crippen LogP contribution in [0.3, 0.4) is 0 Å². The Kier molecular flexibility index (Phi) is 4.69. The van der Waals surface area contributed by atoms with Gasteiger partial charge in [-0.25, -0.2) is 4.79 Å². The van der Waals surface area contributed by atoms with Gasteiger partial charge in [-0.2, -0.15) is 0 Å². The molecule has 0 aromatic heterocycles. The average molecular weight is 342 g/mol. The maximum absolute atomic E-state index is 12.9. The number of ketones is 1. The second kappa shape index (κ2) is 6.92. The van der Waals surface area contributed by atoms with Crippen LogP contribution >= 0.6 is 0 Å². The van der Waals surface area contributed by atoms with Gasteiger partial charge in [0, 0.05) is 17.7 Å². The number of carboxylic acid groups (broad SMARTS) is 1. The van der Waals surface area contributed by atoms with Gasteiger partial charge in [0.2, 0.25) is 0 Å². The summed E-state index contributed by atoms with van der Waals surface area (Å²) in [7, 11) is 0. The molecule has 3 rings (SSSR count). The fourth-order valence-corrected chi connectivity index (χ4v) is 2.89. The number of carbonyl (C=O) groups is 2. The number of β-amino-alcohol motifs (C(OH)–C–C–N with tert-alkyl or cyclic N) is 1. The lowest BCUT2D eigenvalue weighted by molar-refractivity contribution is -0.104. The van der Waals surface area contributed by atoms with Gasteiger partial charge in [-0.3, -0.25) is 4.79 Å². The van der Waals surface area contributed by atoms with Crippen LogP contribution in [0.15, 0.2) is 42.5 Å². The molecule has 1 fully saturated rings. The summed E-state index contributed by atoms with van der Waals surface area (Å²) >= 11 is 0. The van der Waals surface area contributed by atoms with E-state index in [1.807, 2.05) is 4.90 Å². The summed E-state index contributed by atoms with van der Waals surface area (Å²) in [6, 6.07) is 11.0. The number of hydrogen-bond donors (Lipinski definition) is 3. The van der Waals surface area contributed by atoms with Crippen molar-refractivity contribution in [2.45, 2.75) is 6.29 Å². The molecule has 0 spiro atoms. The molecule has 25 heavy (non-hydrogen) atoms. The number of aliphatic hydroxyl groups is 1. The number of morpholine rings is 1. The number of carboxylic acids is 1. The van der Waals surface area contributed by atoms with Crippen molar-refractivity contribution in [3.8, 4) is 0 Å². The van der Waals surface area contributed by atoms with E-state index in [9.17, 15) is 19.8 Å². The molecule has 1 aliphatic rings. The summed E-state index contributed by atoms with van der Waals surface area (Å²) in [5.74, 6) is -1.62. The zero-order valence-electron chi connectivity index (χ0n) is 13.4. The van der Waals surface area contributed by atoms with Crippen LogP contribution in [0.2, 0.25) is 0 Å². The highest BCUT2D eigenvalue weighted by Crippen LogP contribution is 2.30. The van der Waals surface area contributed by atoms with Gasteiger partial charge in [-0.1, -0.05) is 24.3 Å². The zero-order chi connectivity index (χ0) is 18.0. The molecule has 0 bridgehead atoms. The molecule has 1 heterocycles. The second-order valence-corrected chi connectivity index (χ2v) is 5.69. The first-order valence-corrected chi connectivity index (χ1v) is 7.79. The van der Waals surface area contributed by atoms with Gasteiger partial charge in [0.1, 0.15) is 0 Å². The Hall–Kier alpha value is -2.90. The fourth-order valence-electron chi connectivity index (χ4n) is 2.89. The lowest BCUT2D eigenvalue weighted by Gasteiger charge is -2.33. The summed E-state index contributed by atoms with van der Waals surface area (Å²) in [4.78, 5) is 26.1. The number of nitrogens with two attached hydrogens (primary N) is 1. The van der Waals surface area contributed by atoms with Gasteiger partial charge in [0.15, 0.2) is 12.1 Å². The van der Waals surface area contributed by atoms with E-state index in [-0.39, 0.29) is 28.9 Å². The Bertz CT molecular complexity index is 821. The van der Waals surface area contributed by atoms with Crippen molar-refractivity contribution in [3.63, 3.8) is 0 Å². The van der Waals surface area contributed by atoms with Crippen LogP contribution in [-0.4, -0.2) is 48.0 Å². The standard InChI is InChI=1S/C18H18N2O5/c19-16-13(17(22)11-4-1-2-5-12(11)18(23)24)6-3-7-14(16)20-8-9-25-15(21)10-20/h1-7,15,21H,8-10,19H2,(H,23,24). The Morgan fingerprint density at radius 3 is 2.44 bits per heavy atom. The predicted molar refractivity (Wildman–Crippen MR) is 91.9 cm³/mol. The van der Waals surface area contributed by atoms with Gasteiger partial charge in [-0.15, -0.1) is 0 Å². The fraction of sp³-hybridized carbons (Fsp3) is 0.222. The highest BCUT2D eigenvalue weighted by atomic mass is 16.6. The molecular formula is C18H18N2O5. The molecule has 130 valence electrons. The minimum atomic E-state index is -1.17. The summed E-state index contributed by atoms with van der Waals surface area (Å²) in [5, 5.41) is 18.9. The minimum absolute atomic E-state index is 0.0703. The number of aliphatic hydroxyl groups excluding tert-OH is 1. The van der Waals surface area contributed by atoms with Gasteiger partial charge in [0.25, 0.3) is 0 Å². The minimum Gasteiger partial charge on any atom is -0.478 e. The smallest absolute Gasteiger partial charge is 0.336 e. The molecule has 1 saturated heterocycles. The SMILES string of the molecule is Nc1c(C(=O)c2ccccc2C(=O)O)cccc1N1CCOC(O)C1. The number of nitrogen functional groups attached to an aromatic ring is 1. The first-order chi connectivity index (χ1) is 12.0. The number of anilines is 2. The third kappa shape index (κ3) is 3.33. The van der Waals surface area contributed by atoms with Crippen LogP contribution < -0.4 is 10.6 Å². The van der Waals surface area contributed by atoms with E-state index < -0.39 is 18.0 Å². The molecule has 2 aromatic rings. The molecule has 1 unspecified atom stereocenters. The van der Waals surface area contributed by atoms with Crippen molar-refractivity contribution >= 4 is 23.1 Å². The molecule has 0 aliphatic carbocycles. The maximum atomic E-state index is 12.9. The van der Waals surface area contributed by atoms with Crippen LogP contribution in [0.5, 0.6) is 0 Å². The van der Waals surface area contributed by atoms with Crippen molar-refractivity contribution < 1.29 is 24.5 Å². The average Bonchev–Trinajstić information content (AvgIpc) is 2.61. The quantitative estimate of drug-likeness (QED) is 0.568. The normalized spacial score (nSPS) is 17.3. The van der Waals surface area contributed by atoms with Gasteiger partial charge in [0.05, 0.1) is 30.1 Å². The Labute approximate surface area is 144 Å². The van der Waals surface area contributed by atoms with E-state index in [1.165, 1.54) is 12.1 Å². The third-order valence-electron chi connectivity index (χ3n) is 4.12. The Morgan fingerprint density at radius 1 is 1.08 bits per heavy atom. The summed E-state index contributed by atoms with van der Waals surface area (Å²) in [6.45, 7) is 1.12. The molecule has 0 saturated carbocycles. The maximum Gasteiger partial charge on any atom is 0.336 e. The number of para-hydroxylation sites is 1. The van der Waals surface area contributed by atoms with E-state index >= 15 is 0 Å². The zero-order valence-corrected chi connectivity index (χ0v) is 13.4. The first-order valence-electron chi connectivity index (χ1n) is 7.79. The van der Waals surface area contributed by atoms with Crippen molar-refractivity contribution in [2.75, 3.05) is 30.3 Å². The van der Waals surface area contributed by atoms with Crippen molar-refractivity contribution in [1.82, 2.24) is 0 Å². The van der Waals surface area contributed by atoms with Crippen LogP contribution in [0.1, 0.15) is 26.3 Å². The molecule has 1 atom stereocenters. The highest BCUT2D eigenvalue weighted by molar-refractivity contribution is 6.17. The number of benzene rings is 2. The predicted octanol–water partition coefficient (Wildman–Crippen LogP) is 1.35. The largest absolute Gasteiger partial charge is 0.478 e. The van der Waals surface area contributed by atoms with Crippen molar-refractivity contribution in [1.29, 1.82) is 0 Å². The molecule has 4 N–H and O–H groups in total. The lowest BCUT2D eigenvalue weighted by atomic mass is 9.96. The van der Waals surface area contributed by atoms with Crippen molar-refractivity contribution in [2.24, 2.45) is 0 Å². The second-order valence-electron chi connectivity index (χ2n) is 5.69. The van der Waals surface area contributed by atoms with Gasteiger partial charge in [-0.05, 0) is 18.2 Å². The molecule has 7 nitrogen and oxygen atoms in total. The number of ether oxygens (including phenoxy) is 1. The molecule has 0 amide bonds. The lowest BCUT2D eigenvalue weighted by Crippen LogP contribution is -2.42. The summed E-state index contributed by atoms with van der Waals surface area (Å²) in [5.41, 5.74) is 7.30. The first kappa shape index (κ1) is 16.9. The number of nitrogens with zero attached hydrogens (tertiary/aromatic N) is 1. The van der Waals surface area contributed by atoms with Crippen LogP contribution in [0.25, 0.3) is 0 Å². The van der Waals surface area contributed by atoms with Gasteiger partial charge < -0.3 is 25.6 Å². The van der Waals surface area contributed by atoms with E-state index in [1.54, 1.807) is 30.3 Å². The van der Waals surface area contributed by atoms with Crippen LogP contribution in [0.4, 0.5) is 11.4 Å². The highest BCUT2D eigenvalue weighted by Gasteiger charge is 2.24. The Balaban J connectivity index is 2.00. The molecule has 7 heteroatoms. The van der Waals surface area contributed by atoms with E-state index in [0.717, 1.165) is 0 Å². The summed E-state index contributed by atoms with van der Waals surface area (Å²) < 4.78 is 5.10. The van der Waals surface area contributed by atoms with E-state index in [0.29, 0.717) is 18.8 Å².